The second kappa shape index (κ2) is 6.57. The Morgan fingerprint density at radius 3 is 1.89 bits per heavy atom. The highest BCUT2D eigenvalue weighted by Gasteiger charge is 2.86. The zero-order valence-corrected chi connectivity index (χ0v) is 14.5. The summed E-state index contributed by atoms with van der Waals surface area (Å²) in [7, 11) is 0. The first kappa shape index (κ1) is 23.6. The van der Waals surface area contributed by atoms with Crippen molar-refractivity contribution in [1.82, 2.24) is 0 Å². The lowest BCUT2D eigenvalue weighted by Gasteiger charge is -2.56. The second-order valence-corrected chi connectivity index (χ2v) is 6.36. The van der Waals surface area contributed by atoms with Gasteiger partial charge >= 0.3 is 30.0 Å². The summed E-state index contributed by atoms with van der Waals surface area (Å²) in [5.41, 5.74) is -8.03. The molecule has 3 atom stereocenters. The van der Waals surface area contributed by atoms with Gasteiger partial charge < -0.3 is 14.6 Å². The SMILES string of the molecule is C=C(C)C(=O)OC1(CC)CC(CC)(C(F)(F)F)OC(O)(C(F)(F)F)C1(F)F. The van der Waals surface area contributed by atoms with Gasteiger partial charge in [-0.2, -0.15) is 35.1 Å². The lowest BCUT2D eigenvalue weighted by atomic mass is 9.72. The van der Waals surface area contributed by atoms with Crippen molar-refractivity contribution in [1.29, 1.82) is 0 Å². The van der Waals surface area contributed by atoms with E-state index in [0.29, 0.717) is 0 Å². The number of halogens is 8. The van der Waals surface area contributed by atoms with E-state index in [4.69, 9.17) is 0 Å². The molecule has 27 heavy (non-hydrogen) atoms. The van der Waals surface area contributed by atoms with Gasteiger partial charge in [0.15, 0.2) is 11.2 Å². The van der Waals surface area contributed by atoms with Gasteiger partial charge in [-0.3, -0.25) is 0 Å². The Balaban J connectivity index is 3.83. The van der Waals surface area contributed by atoms with Crippen LogP contribution in [-0.2, 0) is 14.3 Å². The quantitative estimate of drug-likeness (QED) is 0.424. The van der Waals surface area contributed by atoms with Gasteiger partial charge in [0, 0.05) is 12.0 Å². The van der Waals surface area contributed by atoms with Crippen LogP contribution in [0.5, 0.6) is 0 Å². The van der Waals surface area contributed by atoms with Gasteiger partial charge in [-0.25, -0.2) is 4.79 Å². The van der Waals surface area contributed by atoms with E-state index in [1.54, 1.807) is 0 Å². The van der Waals surface area contributed by atoms with Crippen molar-refractivity contribution in [3.05, 3.63) is 12.2 Å². The van der Waals surface area contributed by atoms with E-state index in [0.717, 1.165) is 20.8 Å². The van der Waals surface area contributed by atoms with Crippen molar-refractivity contribution < 1.29 is 54.5 Å². The molecule has 12 heteroatoms. The predicted molar refractivity (Wildman–Crippen MR) is 74.7 cm³/mol. The number of esters is 1. The van der Waals surface area contributed by atoms with Gasteiger partial charge in [-0.05, 0) is 19.8 Å². The van der Waals surface area contributed by atoms with Gasteiger partial charge in [0.05, 0.1) is 0 Å². The molecule has 1 N–H and O–H groups in total. The molecule has 0 aromatic heterocycles. The minimum absolute atomic E-state index is 0.533. The molecule has 1 rings (SSSR count). The molecule has 1 aliphatic heterocycles. The topological polar surface area (TPSA) is 55.8 Å². The fraction of sp³-hybridized carbons (Fsp3) is 0.800. The average molecular weight is 414 g/mol. The van der Waals surface area contributed by atoms with Crippen LogP contribution < -0.4 is 0 Å². The smallest absolute Gasteiger partial charge is 0.449 e. The molecule has 0 aromatic rings. The molecule has 158 valence electrons. The van der Waals surface area contributed by atoms with Gasteiger partial charge in [-0.1, -0.05) is 20.4 Å². The minimum Gasteiger partial charge on any atom is -0.449 e. The average Bonchev–Trinajstić information content (AvgIpc) is 2.49. The lowest BCUT2D eigenvalue weighted by molar-refractivity contribution is -0.518. The molecule has 1 saturated heterocycles. The molecule has 0 amide bonds. The molecule has 0 aromatic carbocycles. The van der Waals surface area contributed by atoms with Crippen molar-refractivity contribution >= 4 is 5.97 Å². The van der Waals surface area contributed by atoms with E-state index in [2.05, 4.69) is 16.1 Å². The van der Waals surface area contributed by atoms with Gasteiger partial charge in [0.2, 0.25) is 0 Å². The zero-order chi connectivity index (χ0) is 21.7. The van der Waals surface area contributed by atoms with Crippen LogP contribution in [0.1, 0.15) is 40.0 Å². The summed E-state index contributed by atoms with van der Waals surface area (Å²) in [6.45, 7) is 5.58. The summed E-state index contributed by atoms with van der Waals surface area (Å²) in [6, 6.07) is 0. The summed E-state index contributed by atoms with van der Waals surface area (Å²) in [4.78, 5) is 11.7. The van der Waals surface area contributed by atoms with Crippen LogP contribution in [0.3, 0.4) is 0 Å². The van der Waals surface area contributed by atoms with E-state index in [1.165, 1.54) is 0 Å². The van der Waals surface area contributed by atoms with Crippen molar-refractivity contribution in [3.8, 4) is 0 Å². The molecular weight excluding hydrogens is 396 g/mol. The van der Waals surface area contributed by atoms with E-state index < -0.39 is 66.1 Å². The third-order valence-corrected chi connectivity index (χ3v) is 4.59. The summed E-state index contributed by atoms with van der Waals surface area (Å²) in [5, 5.41) is 9.67. The van der Waals surface area contributed by atoms with Crippen LogP contribution in [-0.4, -0.2) is 46.3 Å². The first-order valence-electron chi connectivity index (χ1n) is 7.69. The van der Waals surface area contributed by atoms with Crippen molar-refractivity contribution in [2.45, 2.75) is 75.3 Å². The molecule has 0 aliphatic carbocycles. The number of alkyl halides is 8. The van der Waals surface area contributed by atoms with Gasteiger partial charge in [-0.15, -0.1) is 0 Å². The summed E-state index contributed by atoms with van der Waals surface area (Å²) in [6.07, 6.45) is -16.2. The Kier molecular flexibility index (Phi) is 5.75. The summed E-state index contributed by atoms with van der Waals surface area (Å²) < 4.78 is 118. The number of hydrogen-bond donors (Lipinski definition) is 1. The first-order valence-corrected chi connectivity index (χ1v) is 7.69. The van der Waals surface area contributed by atoms with Crippen LogP contribution in [0.25, 0.3) is 0 Å². The van der Waals surface area contributed by atoms with Crippen LogP contribution in [0.15, 0.2) is 12.2 Å². The standard InChI is InChI=1S/C15H18F8O4/c1-5-10(26-9(24)8(3)4)7-11(6-2,14(18,19)20)27-13(25,12(10,16)17)15(21,22)23/h25H,3,5-7H2,1-2,4H3. The molecule has 3 unspecified atom stereocenters. The molecule has 1 fully saturated rings. The highest BCUT2D eigenvalue weighted by Crippen LogP contribution is 2.62. The Morgan fingerprint density at radius 1 is 1.11 bits per heavy atom. The Labute approximate surface area is 149 Å². The maximum Gasteiger partial charge on any atom is 0.449 e. The van der Waals surface area contributed by atoms with Crippen molar-refractivity contribution in [3.63, 3.8) is 0 Å². The van der Waals surface area contributed by atoms with E-state index in [-0.39, 0.29) is 0 Å². The zero-order valence-electron chi connectivity index (χ0n) is 14.5. The highest BCUT2D eigenvalue weighted by molar-refractivity contribution is 5.87. The summed E-state index contributed by atoms with van der Waals surface area (Å²) in [5.74, 6) is -12.6. The monoisotopic (exact) mass is 414 g/mol. The predicted octanol–water partition coefficient (Wildman–Crippen LogP) is 4.27. The molecule has 1 aliphatic rings. The number of rotatable bonds is 4. The van der Waals surface area contributed by atoms with Crippen LogP contribution >= 0.6 is 0 Å². The van der Waals surface area contributed by atoms with E-state index in [1.807, 2.05) is 0 Å². The number of hydrogen-bond acceptors (Lipinski definition) is 4. The molecule has 1 heterocycles. The first-order chi connectivity index (χ1) is 11.9. The maximum absolute atomic E-state index is 14.8. The van der Waals surface area contributed by atoms with E-state index >= 15 is 0 Å². The number of carbonyl (C=O) groups is 1. The van der Waals surface area contributed by atoms with E-state index in [9.17, 15) is 45.0 Å². The molecule has 0 spiro atoms. The molecule has 0 radical (unpaired) electrons. The van der Waals surface area contributed by atoms with Gasteiger partial charge in [0.25, 0.3) is 0 Å². The third kappa shape index (κ3) is 3.30. The normalized spacial score (nSPS) is 34.2. The number of carbonyl (C=O) groups excluding carboxylic acids is 1. The van der Waals surface area contributed by atoms with Crippen molar-refractivity contribution in [2.75, 3.05) is 0 Å². The van der Waals surface area contributed by atoms with Crippen LogP contribution in [0, 0.1) is 0 Å². The second-order valence-electron chi connectivity index (χ2n) is 6.36. The lowest BCUT2D eigenvalue weighted by Crippen LogP contribution is -2.79. The fourth-order valence-corrected chi connectivity index (χ4v) is 2.84. The summed E-state index contributed by atoms with van der Waals surface area (Å²) >= 11 is 0. The number of aliphatic hydroxyl groups is 1. The van der Waals surface area contributed by atoms with Crippen LogP contribution in [0.4, 0.5) is 35.1 Å². The largest absolute Gasteiger partial charge is 0.449 e. The maximum atomic E-state index is 14.8. The van der Waals surface area contributed by atoms with Gasteiger partial charge in [0.1, 0.15) is 0 Å². The Morgan fingerprint density at radius 2 is 1.59 bits per heavy atom. The highest BCUT2D eigenvalue weighted by atomic mass is 19.4. The molecular formula is C15H18F8O4. The Bertz CT molecular complexity index is 614. The third-order valence-electron chi connectivity index (χ3n) is 4.59. The van der Waals surface area contributed by atoms with Crippen LogP contribution in [0.2, 0.25) is 0 Å². The molecule has 0 saturated carbocycles. The molecule has 0 bridgehead atoms. The van der Waals surface area contributed by atoms with Crippen molar-refractivity contribution in [2.24, 2.45) is 0 Å². The molecule has 4 nitrogen and oxygen atoms in total. The minimum atomic E-state index is -6.33. The number of ether oxygens (including phenoxy) is 2. The Hall–Kier alpha value is -1.43. The fourth-order valence-electron chi connectivity index (χ4n) is 2.84.